The van der Waals surface area contributed by atoms with Crippen LogP contribution in [0.15, 0.2) is 79.1 Å². The normalized spacial score (nSPS) is 14.1. The van der Waals surface area contributed by atoms with Crippen LogP contribution in [-0.2, 0) is 6.54 Å². The highest BCUT2D eigenvalue weighted by Crippen LogP contribution is 2.29. The minimum absolute atomic E-state index is 0.234. The number of nitrogens with one attached hydrogen (secondary N) is 1. The molecular weight excluding hydrogens is 480 g/mol. The van der Waals surface area contributed by atoms with Gasteiger partial charge in [-0.2, -0.15) is 14.5 Å². The fourth-order valence-electron chi connectivity index (χ4n) is 4.42. The Morgan fingerprint density at radius 1 is 0.816 bits per heavy atom. The second-order valence-corrected chi connectivity index (χ2v) is 9.06. The molecule has 0 atom stereocenters. The maximum absolute atomic E-state index is 6.45. The molecule has 1 saturated heterocycles. The van der Waals surface area contributed by atoms with Crippen LogP contribution in [0, 0.1) is 0 Å². The van der Waals surface area contributed by atoms with Gasteiger partial charge in [0.05, 0.1) is 0 Å². The maximum Gasteiger partial charge on any atom is 0.230 e. The summed E-state index contributed by atoms with van der Waals surface area (Å²) in [4.78, 5) is 17.8. The number of fused-ring (bicyclic) bond motifs is 1. The fourth-order valence-corrected chi connectivity index (χ4v) is 4.42. The summed E-state index contributed by atoms with van der Waals surface area (Å²) >= 11 is 0. The van der Waals surface area contributed by atoms with Crippen LogP contribution < -0.4 is 26.4 Å². The molecule has 11 nitrogen and oxygen atoms in total. The van der Waals surface area contributed by atoms with Crippen LogP contribution in [0.4, 0.5) is 29.1 Å². The second kappa shape index (κ2) is 10.2. The number of nitrogens with zero attached hydrogens (tertiary/aromatic N) is 7. The lowest BCUT2D eigenvalue weighted by atomic mass is 10.2. The van der Waals surface area contributed by atoms with Gasteiger partial charge in [-0.25, -0.2) is 0 Å². The fraction of sp³-hybridized carbons (Fsp3) is 0.185. The van der Waals surface area contributed by atoms with Crippen molar-refractivity contribution in [3.05, 3.63) is 84.7 Å². The molecular formula is C27H28N10O. The minimum Gasteiger partial charge on any atom is -0.457 e. The van der Waals surface area contributed by atoms with Crippen molar-refractivity contribution in [1.29, 1.82) is 0 Å². The van der Waals surface area contributed by atoms with Crippen LogP contribution >= 0.6 is 0 Å². The molecule has 5 aromatic rings. The van der Waals surface area contributed by atoms with Gasteiger partial charge in [0.1, 0.15) is 17.2 Å². The van der Waals surface area contributed by atoms with Crippen molar-refractivity contribution >= 4 is 34.7 Å². The standard InChI is InChI=1S/C27H28N10O/c28-23-24(31-20-6-8-21(9-7-20)38-22-10-12-30-13-11-22)34-37-25(23)32-27(33-26(37)29)36-16-14-35(15-17-36)18-19-4-2-1-3-5-19/h1-13H,14-18,28H2,(H,31,34)(H2,29,32,33). The molecule has 0 saturated carbocycles. The van der Waals surface area contributed by atoms with Crippen molar-refractivity contribution in [2.24, 2.45) is 0 Å². The summed E-state index contributed by atoms with van der Waals surface area (Å²) in [6, 6.07) is 21.6. The summed E-state index contributed by atoms with van der Waals surface area (Å²) in [6.07, 6.45) is 3.37. The van der Waals surface area contributed by atoms with Gasteiger partial charge in [-0.05, 0) is 42.0 Å². The first-order valence-corrected chi connectivity index (χ1v) is 12.4. The molecule has 0 aliphatic carbocycles. The van der Waals surface area contributed by atoms with E-state index in [1.54, 1.807) is 24.5 Å². The van der Waals surface area contributed by atoms with E-state index in [0.29, 0.717) is 34.6 Å². The summed E-state index contributed by atoms with van der Waals surface area (Å²) in [5, 5.41) is 7.75. The molecule has 6 rings (SSSR count). The van der Waals surface area contributed by atoms with Crippen molar-refractivity contribution in [3.63, 3.8) is 0 Å². The largest absolute Gasteiger partial charge is 0.457 e. The molecule has 1 aliphatic heterocycles. The lowest BCUT2D eigenvalue weighted by molar-refractivity contribution is 0.248. The Balaban J connectivity index is 1.14. The van der Waals surface area contributed by atoms with Gasteiger partial charge in [0.2, 0.25) is 11.9 Å². The molecule has 4 heterocycles. The summed E-state index contributed by atoms with van der Waals surface area (Å²) in [5.74, 6) is 2.67. The van der Waals surface area contributed by atoms with Crippen LogP contribution in [0.1, 0.15) is 5.56 Å². The first-order valence-electron chi connectivity index (χ1n) is 12.4. The molecule has 0 bridgehead atoms. The highest BCUT2D eigenvalue weighted by molar-refractivity contribution is 5.82. The van der Waals surface area contributed by atoms with Gasteiger partial charge >= 0.3 is 0 Å². The number of hydrogen-bond acceptors (Lipinski definition) is 10. The summed E-state index contributed by atoms with van der Waals surface area (Å²) < 4.78 is 7.29. The number of ether oxygens (including phenoxy) is 1. The average Bonchev–Trinajstić information content (AvgIpc) is 3.27. The van der Waals surface area contributed by atoms with E-state index in [0.717, 1.165) is 38.4 Å². The van der Waals surface area contributed by atoms with Gasteiger partial charge in [0.15, 0.2) is 11.5 Å². The molecule has 0 amide bonds. The Bertz CT molecular complexity index is 1520. The maximum atomic E-state index is 6.45. The zero-order valence-electron chi connectivity index (χ0n) is 20.7. The lowest BCUT2D eigenvalue weighted by Gasteiger charge is -2.34. The molecule has 0 spiro atoms. The first-order chi connectivity index (χ1) is 18.6. The van der Waals surface area contributed by atoms with Crippen molar-refractivity contribution in [1.82, 2.24) is 29.5 Å². The van der Waals surface area contributed by atoms with E-state index >= 15 is 0 Å². The van der Waals surface area contributed by atoms with E-state index in [1.807, 2.05) is 30.3 Å². The van der Waals surface area contributed by atoms with Gasteiger partial charge in [0, 0.05) is 50.8 Å². The van der Waals surface area contributed by atoms with Gasteiger partial charge < -0.3 is 26.4 Å². The molecule has 2 aromatic carbocycles. The minimum atomic E-state index is 0.234. The summed E-state index contributed by atoms with van der Waals surface area (Å²) in [7, 11) is 0. The zero-order valence-corrected chi connectivity index (χ0v) is 20.7. The lowest BCUT2D eigenvalue weighted by Crippen LogP contribution is -2.46. The Morgan fingerprint density at radius 3 is 2.26 bits per heavy atom. The second-order valence-electron chi connectivity index (χ2n) is 9.06. The van der Waals surface area contributed by atoms with E-state index in [1.165, 1.54) is 10.1 Å². The molecule has 3 aromatic heterocycles. The number of anilines is 5. The average molecular weight is 509 g/mol. The third kappa shape index (κ3) is 5.00. The van der Waals surface area contributed by atoms with Crippen LogP contribution in [0.3, 0.4) is 0 Å². The number of pyridine rings is 1. The number of nitrogens with two attached hydrogens (primary N) is 2. The quantitative estimate of drug-likeness (QED) is 0.299. The van der Waals surface area contributed by atoms with Crippen LogP contribution in [0.25, 0.3) is 5.65 Å². The van der Waals surface area contributed by atoms with Crippen molar-refractivity contribution < 1.29 is 4.74 Å². The van der Waals surface area contributed by atoms with E-state index in [9.17, 15) is 0 Å². The number of rotatable bonds is 7. The van der Waals surface area contributed by atoms with Gasteiger partial charge in [-0.15, -0.1) is 5.10 Å². The van der Waals surface area contributed by atoms with E-state index in [-0.39, 0.29) is 5.95 Å². The molecule has 5 N–H and O–H groups in total. The van der Waals surface area contributed by atoms with Crippen LogP contribution in [-0.4, -0.2) is 55.6 Å². The third-order valence-electron chi connectivity index (χ3n) is 6.44. The predicted molar refractivity (Wildman–Crippen MR) is 148 cm³/mol. The zero-order chi connectivity index (χ0) is 25.9. The Labute approximate surface area is 219 Å². The summed E-state index contributed by atoms with van der Waals surface area (Å²) in [6.45, 7) is 4.35. The van der Waals surface area contributed by atoms with Crippen LogP contribution in [0.5, 0.6) is 11.5 Å². The molecule has 11 heteroatoms. The molecule has 1 fully saturated rings. The molecule has 192 valence electrons. The monoisotopic (exact) mass is 508 g/mol. The van der Waals surface area contributed by atoms with Gasteiger partial charge in [-0.3, -0.25) is 9.88 Å². The van der Waals surface area contributed by atoms with E-state index in [4.69, 9.17) is 21.2 Å². The van der Waals surface area contributed by atoms with Gasteiger partial charge in [-0.1, -0.05) is 30.3 Å². The van der Waals surface area contributed by atoms with Crippen molar-refractivity contribution in [2.45, 2.75) is 6.54 Å². The van der Waals surface area contributed by atoms with Crippen LogP contribution in [0.2, 0.25) is 0 Å². The number of nitrogen functional groups attached to an aromatic ring is 2. The molecule has 0 unspecified atom stereocenters. The Kier molecular flexibility index (Phi) is 6.32. The smallest absolute Gasteiger partial charge is 0.230 e. The molecule has 38 heavy (non-hydrogen) atoms. The number of benzene rings is 2. The third-order valence-corrected chi connectivity index (χ3v) is 6.44. The van der Waals surface area contributed by atoms with E-state index < -0.39 is 0 Å². The Morgan fingerprint density at radius 2 is 1.53 bits per heavy atom. The van der Waals surface area contributed by atoms with Gasteiger partial charge in [0.25, 0.3) is 0 Å². The highest BCUT2D eigenvalue weighted by atomic mass is 16.5. The molecule has 1 aliphatic rings. The number of hydrogen-bond donors (Lipinski definition) is 3. The van der Waals surface area contributed by atoms with E-state index in [2.05, 4.69) is 54.4 Å². The SMILES string of the molecule is Nc1c(Nc2ccc(Oc3ccncc3)cc2)nn2c(N)nc(N3CCN(Cc4ccccc4)CC3)nc12. The van der Waals surface area contributed by atoms with Crippen molar-refractivity contribution in [3.8, 4) is 11.5 Å². The number of piperazine rings is 1. The topological polar surface area (TPSA) is 136 Å². The predicted octanol–water partition coefficient (Wildman–Crippen LogP) is 3.54. The number of aromatic nitrogens is 5. The summed E-state index contributed by atoms with van der Waals surface area (Å²) in [5.41, 5.74) is 15.7. The first kappa shape index (κ1) is 23.5. The highest BCUT2D eigenvalue weighted by Gasteiger charge is 2.22. The Hall–Kier alpha value is -4.90. The van der Waals surface area contributed by atoms with Crippen molar-refractivity contribution in [2.75, 3.05) is 47.9 Å². The molecule has 0 radical (unpaired) electrons.